The molecular weight excluding hydrogens is 292 g/mol. The van der Waals surface area contributed by atoms with E-state index < -0.39 is 0 Å². The lowest BCUT2D eigenvalue weighted by atomic mass is 10.1. The molecule has 96 valence electrons. The highest BCUT2D eigenvalue weighted by Gasteiger charge is 2.10. The number of hydrogen-bond donors (Lipinski definition) is 1. The first kappa shape index (κ1) is 13.1. The lowest BCUT2D eigenvalue weighted by molar-refractivity contribution is 0.648. The molecule has 0 bridgehead atoms. The average molecular weight is 309 g/mol. The number of nitrogens with one attached hydrogen (secondary N) is 1. The highest BCUT2D eigenvalue weighted by molar-refractivity contribution is 9.10. The summed E-state index contributed by atoms with van der Waals surface area (Å²) in [4.78, 5) is 12.0. The van der Waals surface area contributed by atoms with Crippen LogP contribution in [0.5, 0.6) is 0 Å². The molecule has 2 rings (SSSR count). The Hall–Kier alpha value is -1.29. The smallest absolute Gasteiger partial charge is 0.281 e. The van der Waals surface area contributed by atoms with Gasteiger partial charge in [0, 0.05) is 0 Å². The minimum absolute atomic E-state index is 0.0130. The fourth-order valence-electron chi connectivity index (χ4n) is 1.91. The lowest BCUT2D eigenvalue weighted by Crippen LogP contribution is -2.17. The summed E-state index contributed by atoms with van der Waals surface area (Å²) < 4.78 is 2.32. The predicted molar refractivity (Wildman–Crippen MR) is 77.0 cm³/mol. The van der Waals surface area contributed by atoms with Gasteiger partial charge in [0.25, 0.3) is 5.56 Å². The van der Waals surface area contributed by atoms with Gasteiger partial charge in [-0.3, -0.25) is 9.89 Å². The number of H-pyrrole nitrogens is 1. The van der Waals surface area contributed by atoms with Crippen molar-refractivity contribution in [1.29, 1.82) is 0 Å². The molecule has 0 atom stereocenters. The van der Waals surface area contributed by atoms with E-state index in [4.69, 9.17) is 0 Å². The second kappa shape index (κ2) is 5.57. The fraction of sp³-hybridized carbons (Fsp3) is 0.357. The maximum Gasteiger partial charge on any atom is 0.281 e. The molecule has 0 unspecified atom stereocenters. The number of benzene rings is 1. The summed E-state index contributed by atoms with van der Waals surface area (Å²) in [5.41, 5.74) is 3.35. The molecule has 4 heteroatoms. The molecule has 0 radical (unpaired) electrons. The van der Waals surface area contributed by atoms with Crippen LogP contribution in [-0.4, -0.2) is 9.78 Å². The van der Waals surface area contributed by atoms with Gasteiger partial charge in [0.05, 0.1) is 12.2 Å². The van der Waals surface area contributed by atoms with Gasteiger partial charge in [-0.25, -0.2) is 4.68 Å². The van der Waals surface area contributed by atoms with E-state index in [0.29, 0.717) is 11.0 Å². The zero-order valence-electron chi connectivity index (χ0n) is 10.7. The second-order valence-corrected chi connectivity index (χ2v) is 5.32. The average Bonchev–Trinajstić information content (AvgIpc) is 2.61. The van der Waals surface area contributed by atoms with Gasteiger partial charge in [0.2, 0.25) is 0 Å². The summed E-state index contributed by atoms with van der Waals surface area (Å²) in [5, 5.41) is 3.17. The van der Waals surface area contributed by atoms with Gasteiger partial charge < -0.3 is 0 Å². The third-order valence-corrected chi connectivity index (χ3v) is 3.75. The Balaban J connectivity index is 2.26. The number of aromatic amines is 1. The lowest BCUT2D eigenvalue weighted by Gasteiger charge is -2.03. The number of aryl methyl sites for hydroxylation is 2. The Kier molecular flexibility index (Phi) is 4.07. The van der Waals surface area contributed by atoms with Crippen molar-refractivity contribution in [2.45, 2.75) is 33.2 Å². The summed E-state index contributed by atoms with van der Waals surface area (Å²) in [5.74, 6) is 0. The van der Waals surface area contributed by atoms with E-state index in [2.05, 4.69) is 59.1 Å². The van der Waals surface area contributed by atoms with Crippen molar-refractivity contribution in [1.82, 2.24) is 9.78 Å². The molecule has 18 heavy (non-hydrogen) atoms. The molecule has 0 spiro atoms. The van der Waals surface area contributed by atoms with Crippen LogP contribution in [0.3, 0.4) is 0 Å². The third-order valence-electron chi connectivity index (χ3n) is 2.93. The predicted octanol–water partition coefficient (Wildman–Crippen LogP) is 3.25. The van der Waals surface area contributed by atoms with Crippen LogP contribution in [0, 0.1) is 6.92 Å². The van der Waals surface area contributed by atoms with E-state index in [9.17, 15) is 4.79 Å². The Bertz CT molecular complexity index is 581. The Morgan fingerprint density at radius 1 is 1.28 bits per heavy atom. The first-order valence-electron chi connectivity index (χ1n) is 6.14. The minimum atomic E-state index is 0.0130. The van der Waals surface area contributed by atoms with Crippen molar-refractivity contribution in [3.05, 3.63) is 55.9 Å². The number of halogens is 1. The maximum atomic E-state index is 12.0. The molecule has 1 aromatic heterocycles. The number of rotatable bonds is 4. The minimum Gasteiger partial charge on any atom is -0.298 e. The second-order valence-electron chi connectivity index (χ2n) is 4.53. The molecule has 1 aromatic carbocycles. The molecular formula is C14H17BrN2O. The summed E-state index contributed by atoms with van der Waals surface area (Å²) in [6, 6.07) is 8.22. The topological polar surface area (TPSA) is 37.8 Å². The van der Waals surface area contributed by atoms with Gasteiger partial charge in [-0.05, 0) is 34.8 Å². The Morgan fingerprint density at radius 2 is 1.94 bits per heavy atom. The van der Waals surface area contributed by atoms with E-state index in [1.54, 1.807) is 4.68 Å². The summed E-state index contributed by atoms with van der Waals surface area (Å²) >= 11 is 3.36. The standard InChI is InChI=1S/C14H17BrN2O/c1-3-4-12-13(15)14(18)17(16-12)9-11-7-5-10(2)6-8-11/h5-8,16H,3-4,9H2,1-2H3. The van der Waals surface area contributed by atoms with Crippen LogP contribution in [0.4, 0.5) is 0 Å². The van der Waals surface area contributed by atoms with Crippen molar-refractivity contribution in [2.24, 2.45) is 0 Å². The van der Waals surface area contributed by atoms with Crippen LogP contribution < -0.4 is 5.56 Å². The zero-order chi connectivity index (χ0) is 13.1. The first-order chi connectivity index (χ1) is 8.61. The van der Waals surface area contributed by atoms with Crippen molar-refractivity contribution >= 4 is 15.9 Å². The SMILES string of the molecule is CCCc1[nH]n(Cc2ccc(C)cc2)c(=O)c1Br. The van der Waals surface area contributed by atoms with Crippen LogP contribution in [-0.2, 0) is 13.0 Å². The zero-order valence-corrected chi connectivity index (χ0v) is 12.3. The van der Waals surface area contributed by atoms with Crippen LogP contribution >= 0.6 is 15.9 Å². The van der Waals surface area contributed by atoms with Crippen molar-refractivity contribution < 1.29 is 0 Å². The van der Waals surface area contributed by atoms with Crippen LogP contribution in [0.2, 0.25) is 0 Å². The Morgan fingerprint density at radius 3 is 2.56 bits per heavy atom. The van der Waals surface area contributed by atoms with Gasteiger partial charge in [-0.2, -0.15) is 0 Å². The third kappa shape index (κ3) is 2.75. The first-order valence-corrected chi connectivity index (χ1v) is 6.94. The van der Waals surface area contributed by atoms with E-state index in [-0.39, 0.29) is 5.56 Å². The molecule has 0 saturated carbocycles. The van der Waals surface area contributed by atoms with Crippen LogP contribution in [0.1, 0.15) is 30.2 Å². The Labute approximate surface area is 115 Å². The van der Waals surface area contributed by atoms with Crippen LogP contribution in [0.25, 0.3) is 0 Å². The highest BCUT2D eigenvalue weighted by Crippen LogP contribution is 2.12. The number of hydrogen-bond acceptors (Lipinski definition) is 1. The van der Waals surface area contributed by atoms with Crippen molar-refractivity contribution in [2.75, 3.05) is 0 Å². The van der Waals surface area contributed by atoms with E-state index >= 15 is 0 Å². The highest BCUT2D eigenvalue weighted by atomic mass is 79.9. The fourth-order valence-corrected chi connectivity index (χ4v) is 2.41. The van der Waals surface area contributed by atoms with E-state index in [1.807, 2.05) is 0 Å². The molecule has 0 aliphatic rings. The van der Waals surface area contributed by atoms with Gasteiger partial charge in [-0.15, -0.1) is 0 Å². The van der Waals surface area contributed by atoms with E-state index in [1.165, 1.54) is 5.56 Å². The van der Waals surface area contributed by atoms with Gasteiger partial charge in [-0.1, -0.05) is 43.2 Å². The molecule has 0 aliphatic carbocycles. The summed E-state index contributed by atoms with van der Waals surface area (Å²) in [6.07, 6.45) is 1.90. The van der Waals surface area contributed by atoms with Crippen molar-refractivity contribution in [3.8, 4) is 0 Å². The molecule has 0 fully saturated rings. The van der Waals surface area contributed by atoms with Gasteiger partial charge >= 0.3 is 0 Å². The summed E-state index contributed by atoms with van der Waals surface area (Å²) in [6.45, 7) is 4.74. The quantitative estimate of drug-likeness (QED) is 0.925. The summed E-state index contributed by atoms with van der Waals surface area (Å²) in [7, 11) is 0. The molecule has 1 N–H and O–H groups in total. The van der Waals surface area contributed by atoms with Crippen LogP contribution in [0.15, 0.2) is 33.5 Å². The van der Waals surface area contributed by atoms with Crippen molar-refractivity contribution in [3.63, 3.8) is 0 Å². The monoisotopic (exact) mass is 308 g/mol. The molecule has 3 nitrogen and oxygen atoms in total. The van der Waals surface area contributed by atoms with Gasteiger partial charge in [0.1, 0.15) is 4.47 Å². The maximum absolute atomic E-state index is 12.0. The molecule has 0 amide bonds. The number of aromatic nitrogens is 2. The molecule has 0 aliphatic heterocycles. The molecule has 2 aromatic rings. The van der Waals surface area contributed by atoms with Gasteiger partial charge in [0.15, 0.2) is 0 Å². The number of nitrogens with zero attached hydrogens (tertiary/aromatic N) is 1. The molecule has 0 saturated heterocycles. The normalized spacial score (nSPS) is 10.8. The largest absolute Gasteiger partial charge is 0.298 e. The van der Waals surface area contributed by atoms with E-state index in [0.717, 1.165) is 24.1 Å². The molecule has 1 heterocycles.